The molecule has 0 aliphatic carbocycles. The van der Waals surface area contributed by atoms with Crippen LogP contribution in [0.25, 0.3) is 0 Å². The maximum Gasteiger partial charge on any atom is 0.317 e. The molecule has 2 N–H and O–H groups in total. The van der Waals surface area contributed by atoms with Crippen LogP contribution in [0.2, 0.25) is 0 Å². The van der Waals surface area contributed by atoms with E-state index in [9.17, 15) is 9.59 Å². The van der Waals surface area contributed by atoms with Gasteiger partial charge in [-0.05, 0) is 6.92 Å². The lowest BCUT2D eigenvalue weighted by atomic mass is 9.97. The predicted molar refractivity (Wildman–Crippen MR) is 72.6 cm³/mol. The van der Waals surface area contributed by atoms with E-state index >= 15 is 0 Å². The lowest BCUT2D eigenvalue weighted by molar-refractivity contribution is -0.139. The monoisotopic (exact) mass is 285 g/mol. The van der Waals surface area contributed by atoms with E-state index in [2.05, 4.69) is 10.2 Å². The Kier molecular flexibility index (Phi) is 5.19. The molecule has 0 aromatic heterocycles. The molecule has 0 aromatic rings. The number of aliphatic carboxylic acids is 1. The zero-order valence-corrected chi connectivity index (χ0v) is 11.9. The Morgan fingerprint density at radius 3 is 2.60 bits per heavy atom. The van der Waals surface area contributed by atoms with Crippen molar-refractivity contribution in [3.63, 3.8) is 0 Å². The van der Waals surface area contributed by atoms with Crippen LogP contribution in [0.5, 0.6) is 0 Å². The number of carboxylic acid groups (broad SMARTS) is 1. The number of nitrogens with one attached hydrogen (secondary N) is 1. The summed E-state index contributed by atoms with van der Waals surface area (Å²) < 4.78 is 5.29. The molecule has 1 atom stereocenters. The summed E-state index contributed by atoms with van der Waals surface area (Å²) in [5, 5.41) is 11.6. The van der Waals surface area contributed by atoms with Gasteiger partial charge in [0.05, 0.1) is 19.6 Å². The molecule has 2 aliphatic heterocycles. The van der Waals surface area contributed by atoms with Crippen molar-refractivity contribution in [2.75, 3.05) is 45.9 Å². The average molecular weight is 285 g/mol. The number of carboxylic acids is 1. The lowest BCUT2D eigenvalue weighted by Crippen LogP contribution is -2.57. The smallest absolute Gasteiger partial charge is 0.317 e. The molecule has 20 heavy (non-hydrogen) atoms. The molecule has 0 spiro atoms. The number of ether oxygens (including phenoxy) is 1. The Bertz CT molecular complexity index is 352. The highest BCUT2D eigenvalue weighted by atomic mass is 16.5. The summed E-state index contributed by atoms with van der Waals surface area (Å²) in [6, 6.07) is -0.00785. The SMILES string of the molecule is CC(CN1CCOCC1)NC(=O)N1CC(CC(=O)O)C1. The van der Waals surface area contributed by atoms with Crippen LogP contribution in [0.3, 0.4) is 0 Å². The van der Waals surface area contributed by atoms with Gasteiger partial charge in [-0.25, -0.2) is 4.79 Å². The molecule has 7 nitrogen and oxygen atoms in total. The van der Waals surface area contributed by atoms with E-state index < -0.39 is 5.97 Å². The van der Waals surface area contributed by atoms with Crippen LogP contribution >= 0.6 is 0 Å². The molecule has 2 aliphatic rings. The van der Waals surface area contributed by atoms with Crippen molar-refractivity contribution in [2.24, 2.45) is 5.92 Å². The van der Waals surface area contributed by atoms with Crippen LogP contribution in [-0.2, 0) is 9.53 Å². The van der Waals surface area contributed by atoms with Gasteiger partial charge in [0, 0.05) is 44.7 Å². The molecular weight excluding hydrogens is 262 g/mol. The number of carbonyl (C=O) groups excluding carboxylic acids is 1. The van der Waals surface area contributed by atoms with Gasteiger partial charge >= 0.3 is 12.0 Å². The summed E-state index contributed by atoms with van der Waals surface area (Å²) in [4.78, 5) is 26.4. The molecule has 1 unspecified atom stereocenters. The average Bonchev–Trinajstić information content (AvgIpc) is 2.33. The number of morpholine rings is 1. The summed E-state index contributed by atoms with van der Waals surface area (Å²) in [5.41, 5.74) is 0. The highest BCUT2D eigenvalue weighted by molar-refractivity contribution is 5.76. The fraction of sp³-hybridized carbons (Fsp3) is 0.846. The van der Waals surface area contributed by atoms with Crippen LogP contribution < -0.4 is 5.32 Å². The first-order chi connectivity index (χ1) is 9.54. The number of hydrogen-bond donors (Lipinski definition) is 2. The van der Waals surface area contributed by atoms with Gasteiger partial charge in [-0.3, -0.25) is 9.69 Å². The molecule has 0 bridgehead atoms. The highest BCUT2D eigenvalue weighted by Crippen LogP contribution is 2.18. The zero-order chi connectivity index (χ0) is 14.5. The third-order valence-electron chi connectivity index (χ3n) is 3.71. The van der Waals surface area contributed by atoms with Crippen molar-refractivity contribution in [1.29, 1.82) is 0 Å². The maximum atomic E-state index is 11.9. The quantitative estimate of drug-likeness (QED) is 0.732. The summed E-state index contributed by atoms with van der Waals surface area (Å²) in [5.74, 6) is -0.691. The first kappa shape index (κ1) is 15.1. The molecule has 2 heterocycles. The Balaban J connectivity index is 1.63. The van der Waals surface area contributed by atoms with Crippen molar-refractivity contribution >= 4 is 12.0 Å². The van der Waals surface area contributed by atoms with Gasteiger partial charge in [0.1, 0.15) is 0 Å². The molecule has 2 amide bonds. The third-order valence-corrected chi connectivity index (χ3v) is 3.71. The predicted octanol–water partition coefficient (Wildman–Crippen LogP) is -0.177. The second kappa shape index (κ2) is 6.90. The zero-order valence-electron chi connectivity index (χ0n) is 11.9. The van der Waals surface area contributed by atoms with Crippen LogP contribution in [-0.4, -0.2) is 78.9 Å². The third kappa shape index (κ3) is 4.35. The lowest BCUT2D eigenvalue weighted by Gasteiger charge is -2.39. The fourth-order valence-corrected chi connectivity index (χ4v) is 2.63. The van der Waals surface area contributed by atoms with Crippen molar-refractivity contribution < 1.29 is 19.4 Å². The van der Waals surface area contributed by atoms with Gasteiger partial charge in [-0.15, -0.1) is 0 Å². The van der Waals surface area contributed by atoms with Crippen molar-refractivity contribution in [2.45, 2.75) is 19.4 Å². The summed E-state index contributed by atoms with van der Waals surface area (Å²) in [6.45, 7) is 7.22. The molecule has 114 valence electrons. The number of rotatable bonds is 5. The van der Waals surface area contributed by atoms with Gasteiger partial charge in [0.15, 0.2) is 0 Å². The van der Waals surface area contributed by atoms with Gasteiger partial charge in [-0.1, -0.05) is 0 Å². The molecule has 0 radical (unpaired) electrons. The maximum absolute atomic E-state index is 11.9. The van der Waals surface area contributed by atoms with Gasteiger partial charge in [0.2, 0.25) is 0 Å². The van der Waals surface area contributed by atoms with Crippen molar-refractivity contribution in [3.05, 3.63) is 0 Å². The van der Waals surface area contributed by atoms with E-state index in [0.717, 1.165) is 32.8 Å². The Hall–Kier alpha value is -1.34. The van der Waals surface area contributed by atoms with Crippen molar-refractivity contribution in [3.8, 4) is 0 Å². The topological polar surface area (TPSA) is 82.1 Å². The summed E-state index contributed by atoms with van der Waals surface area (Å²) in [7, 11) is 0. The number of urea groups is 1. The number of likely N-dealkylation sites (tertiary alicyclic amines) is 1. The minimum absolute atomic E-state index is 0.0825. The minimum atomic E-state index is -0.796. The van der Waals surface area contributed by atoms with E-state index in [1.54, 1.807) is 4.90 Å². The van der Waals surface area contributed by atoms with Gasteiger partial charge in [-0.2, -0.15) is 0 Å². The molecule has 2 fully saturated rings. The van der Waals surface area contributed by atoms with Gasteiger partial charge in [0.25, 0.3) is 0 Å². The fourth-order valence-electron chi connectivity index (χ4n) is 2.63. The Morgan fingerprint density at radius 2 is 2.00 bits per heavy atom. The van der Waals surface area contributed by atoms with Gasteiger partial charge < -0.3 is 20.1 Å². The van der Waals surface area contributed by atoms with E-state index in [4.69, 9.17) is 9.84 Å². The van der Waals surface area contributed by atoms with Crippen LogP contribution in [0.15, 0.2) is 0 Å². The number of carbonyl (C=O) groups is 2. The normalized spacial score (nSPS) is 22.1. The first-order valence-corrected chi connectivity index (χ1v) is 7.12. The molecular formula is C13H23N3O4. The summed E-state index contributed by atoms with van der Waals surface area (Å²) in [6.07, 6.45) is 0.146. The molecule has 2 rings (SSSR count). The largest absolute Gasteiger partial charge is 0.481 e. The Labute approximate surface area is 118 Å². The van der Waals surface area contributed by atoms with E-state index in [1.165, 1.54) is 0 Å². The molecule has 0 aromatic carbocycles. The van der Waals surface area contributed by atoms with Crippen LogP contribution in [0.4, 0.5) is 4.79 Å². The van der Waals surface area contributed by atoms with Crippen LogP contribution in [0, 0.1) is 5.92 Å². The highest BCUT2D eigenvalue weighted by Gasteiger charge is 2.32. The molecule has 2 saturated heterocycles. The van der Waals surface area contributed by atoms with Crippen molar-refractivity contribution in [1.82, 2.24) is 15.1 Å². The number of nitrogens with zero attached hydrogens (tertiary/aromatic N) is 2. The molecule has 0 saturated carbocycles. The number of amides is 2. The standard InChI is InChI=1S/C13H23N3O4/c1-10(7-15-2-4-20-5-3-15)14-13(19)16-8-11(9-16)6-12(17)18/h10-11H,2-9H2,1H3,(H,14,19)(H,17,18). The second-order valence-electron chi connectivity index (χ2n) is 5.63. The van der Waals surface area contributed by atoms with E-state index in [-0.39, 0.29) is 24.4 Å². The minimum Gasteiger partial charge on any atom is -0.481 e. The Morgan fingerprint density at radius 1 is 1.35 bits per heavy atom. The first-order valence-electron chi connectivity index (χ1n) is 7.12. The number of hydrogen-bond acceptors (Lipinski definition) is 4. The summed E-state index contributed by atoms with van der Waals surface area (Å²) >= 11 is 0. The van der Waals surface area contributed by atoms with E-state index in [0.29, 0.717) is 13.1 Å². The molecule has 7 heteroatoms. The second-order valence-corrected chi connectivity index (χ2v) is 5.63. The van der Waals surface area contributed by atoms with Crippen LogP contribution in [0.1, 0.15) is 13.3 Å². The van der Waals surface area contributed by atoms with E-state index in [1.807, 2.05) is 6.92 Å².